The summed E-state index contributed by atoms with van der Waals surface area (Å²) in [4.78, 5) is 13.1. The molecule has 0 saturated carbocycles. The molecule has 4 aromatic rings. The van der Waals surface area contributed by atoms with Gasteiger partial charge in [-0.3, -0.25) is 4.79 Å². The van der Waals surface area contributed by atoms with Crippen LogP contribution in [0.25, 0.3) is 11.3 Å². The molecule has 5 heteroatoms. The van der Waals surface area contributed by atoms with Crippen LogP contribution in [0.15, 0.2) is 91.0 Å². The number of nitrogens with one attached hydrogen (secondary N) is 1. The van der Waals surface area contributed by atoms with Gasteiger partial charge in [0.15, 0.2) is 0 Å². The molecule has 3 aromatic carbocycles. The van der Waals surface area contributed by atoms with E-state index in [1.165, 1.54) is 4.68 Å². The van der Waals surface area contributed by atoms with Gasteiger partial charge in [0.1, 0.15) is 11.6 Å². The van der Waals surface area contributed by atoms with Gasteiger partial charge in [0.2, 0.25) is 0 Å². The molecular weight excluding hydrogens is 362 g/mol. The van der Waals surface area contributed by atoms with Crippen LogP contribution < -0.4 is 10.1 Å². The highest BCUT2D eigenvalue weighted by molar-refractivity contribution is 5.97. The van der Waals surface area contributed by atoms with Gasteiger partial charge in [-0.25, -0.2) is 0 Å². The van der Waals surface area contributed by atoms with E-state index in [-0.39, 0.29) is 5.91 Å². The molecule has 29 heavy (non-hydrogen) atoms. The molecule has 1 N–H and O–H groups in total. The lowest BCUT2D eigenvalue weighted by molar-refractivity contribution is 0.0948. The summed E-state index contributed by atoms with van der Waals surface area (Å²) in [6.07, 6.45) is 0. The van der Waals surface area contributed by atoms with Crippen LogP contribution in [0.1, 0.15) is 15.9 Å². The predicted molar refractivity (Wildman–Crippen MR) is 114 cm³/mol. The molecule has 0 saturated heterocycles. The molecule has 0 atom stereocenters. The normalized spacial score (nSPS) is 10.5. The largest absolute Gasteiger partial charge is 0.496 e. The van der Waals surface area contributed by atoms with E-state index in [1.807, 2.05) is 78.9 Å². The van der Waals surface area contributed by atoms with Crippen molar-refractivity contribution in [2.45, 2.75) is 6.54 Å². The van der Waals surface area contributed by atoms with Crippen molar-refractivity contribution < 1.29 is 9.53 Å². The van der Waals surface area contributed by atoms with Crippen molar-refractivity contribution in [3.05, 3.63) is 102 Å². The van der Waals surface area contributed by atoms with Gasteiger partial charge in [0.05, 0.1) is 12.8 Å². The average Bonchev–Trinajstić information content (AvgIpc) is 3.23. The van der Waals surface area contributed by atoms with Crippen molar-refractivity contribution in [3.63, 3.8) is 0 Å². The van der Waals surface area contributed by atoms with Crippen LogP contribution in [-0.4, -0.2) is 22.8 Å². The molecule has 0 aliphatic heterocycles. The third-order valence-corrected chi connectivity index (χ3v) is 4.64. The first-order chi connectivity index (χ1) is 14.3. The highest BCUT2D eigenvalue weighted by Crippen LogP contribution is 2.24. The Morgan fingerprint density at radius 3 is 2.31 bits per heavy atom. The SMILES string of the molecule is COc1ccccc1CNc1cc(-c2ccccc2)nn1C(=O)c1ccccc1. The highest BCUT2D eigenvalue weighted by atomic mass is 16.5. The van der Waals surface area contributed by atoms with Gasteiger partial charge in [0, 0.05) is 29.3 Å². The van der Waals surface area contributed by atoms with Gasteiger partial charge in [-0.05, 0) is 18.2 Å². The van der Waals surface area contributed by atoms with Crippen LogP contribution >= 0.6 is 0 Å². The number of methoxy groups -OCH3 is 1. The minimum atomic E-state index is -0.185. The van der Waals surface area contributed by atoms with Crippen LogP contribution in [-0.2, 0) is 6.54 Å². The molecule has 0 aliphatic rings. The second kappa shape index (κ2) is 8.44. The Morgan fingerprint density at radius 1 is 0.931 bits per heavy atom. The molecule has 0 bridgehead atoms. The average molecular weight is 383 g/mol. The summed E-state index contributed by atoms with van der Waals surface area (Å²) in [6, 6.07) is 28.7. The van der Waals surface area contributed by atoms with E-state index in [0.717, 1.165) is 22.6 Å². The van der Waals surface area contributed by atoms with Crippen molar-refractivity contribution in [2.75, 3.05) is 12.4 Å². The molecule has 144 valence electrons. The Labute approximate surface area is 169 Å². The Bertz CT molecular complexity index is 1110. The molecule has 0 unspecified atom stereocenters. The molecule has 0 radical (unpaired) electrons. The smallest absolute Gasteiger partial charge is 0.280 e. The summed E-state index contributed by atoms with van der Waals surface area (Å²) < 4.78 is 6.85. The van der Waals surface area contributed by atoms with Crippen LogP contribution in [0.5, 0.6) is 5.75 Å². The number of hydrogen-bond donors (Lipinski definition) is 1. The highest BCUT2D eigenvalue weighted by Gasteiger charge is 2.17. The molecule has 0 fully saturated rings. The standard InChI is InChI=1S/C24H21N3O2/c1-29-22-15-9-8-14-20(22)17-25-23-16-21(18-10-4-2-5-11-18)26-27(23)24(28)19-12-6-3-7-13-19/h2-16,25H,17H2,1H3. The number of aromatic nitrogens is 2. The van der Waals surface area contributed by atoms with Crippen molar-refractivity contribution >= 4 is 11.7 Å². The topological polar surface area (TPSA) is 56.1 Å². The maximum Gasteiger partial charge on any atom is 0.280 e. The number of carbonyl (C=O) groups is 1. The first kappa shape index (κ1) is 18.5. The van der Waals surface area contributed by atoms with E-state index in [1.54, 1.807) is 19.2 Å². The number of nitrogens with zero attached hydrogens (tertiary/aromatic N) is 2. The fourth-order valence-corrected chi connectivity index (χ4v) is 3.15. The van der Waals surface area contributed by atoms with Gasteiger partial charge in [-0.15, -0.1) is 0 Å². The Kier molecular flexibility index (Phi) is 5.38. The Morgan fingerprint density at radius 2 is 1.59 bits per heavy atom. The second-order valence-electron chi connectivity index (χ2n) is 6.53. The molecule has 1 aromatic heterocycles. The Hall–Kier alpha value is -3.86. The van der Waals surface area contributed by atoms with E-state index in [0.29, 0.717) is 17.9 Å². The minimum Gasteiger partial charge on any atom is -0.496 e. The van der Waals surface area contributed by atoms with E-state index < -0.39 is 0 Å². The second-order valence-corrected chi connectivity index (χ2v) is 6.53. The first-order valence-electron chi connectivity index (χ1n) is 9.37. The summed E-state index contributed by atoms with van der Waals surface area (Å²) in [6.45, 7) is 0.506. The zero-order chi connectivity index (χ0) is 20.1. The number of para-hydroxylation sites is 1. The molecule has 5 nitrogen and oxygen atoms in total. The number of carbonyl (C=O) groups excluding carboxylic acids is 1. The quantitative estimate of drug-likeness (QED) is 0.517. The first-order valence-corrected chi connectivity index (χ1v) is 9.37. The maximum atomic E-state index is 13.1. The van der Waals surface area contributed by atoms with Crippen molar-refractivity contribution in [2.24, 2.45) is 0 Å². The monoisotopic (exact) mass is 383 g/mol. The van der Waals surface area contributed by atoms with E-state index in [2.05, 4.69) is 10.4 Å². The number of anilines is 1. The van der Waals surface area contributed by atoms with Crippen LogP contribution in [0.3, 0.4) is 0 Å². The fourth-order valence-electron chi connectivity index (χ4n) is 3.15. The summed E-state index contributed by atoms with van der Waals surface area (Å²) >= 11 is 0. The number of benzene rings is 3. The molecular formula is C24H21N3O2. The van der Waals surface area contributed by atoms with Gasteiger partial charge >= 0.3 is 0 Å². The van der Waals surface area contributed by atoms with Crippen molar-refractivity contribution in [3.8, 4) is 17.0 Å². The number of ether oxygens (including phenoxy) is 1. The summed E-state index contributed by atoms with van der Waals surface area (Å²) in [5.74, 6) is 1.24. The Balaban J connectivity index is 1.69. The van der Waals surface area contributed by atoms with Gasteiger partial charge in [0.25, 0.3) is 5.91 Å². The third kappa shape index (κ3) is 4.04. The van der Waals surface area contributed by atoms with E-state index in [9.17, 15) is 4.79 Å². The van der Waals surface area contributed by atoms with Gasteiger partial charge < -0.3 is 10.1 Å². The lowest BCUT2D eigenvalue weighted by Gasteiger charge is -2.11. The molecule has 0 amide bonds. The minimum absolute atomic E-state index is 0.185. The predicted octanol–water partition coefficient (Wildman–Crippen LogP) is 4.86. The summed E-state index contributed by atoms with van der Waals surface area (Å²) in [7, 11) is 1.65. The van der Waals surface area contributed by atoms with Crippen molar-refractivity contribution in [1.29, 1.82) is 0 Å². The number of rotatable bonds is 6. The van der Waals surface area contributed by atoms with Crippen LogP contribution in [0.2, 0.25) is 0 Å². The summed E-state index contributed by atoms with van der Waals surface area (Å²) in [5, 5.41) is 7.93. The fraction of sp³-hybridized carbons (Fsp3) is 0.0833. The van der Waals surface area contributed by atoms with Gasteiger partial charge in [-0.1, -0.05) is 66.7 Å². The zero-order valence-electron chi connectivity index (χ0n) is 16.1. The molecule has 4 rings (SSSR count). The molecule has 0 aliphatic carbocycles. The molecule has 0 spiro atoms. The van der Waals surface area contributed by atoms with Crippen LogP contribution in [0, 0.1) is 0 Å². The lowest BCUT2D eigenvalue weighted by Crippen LogP contribution is -2.17. The van der Waals surface area contributed by atoms with Gasteiger partial charge in [-0.2, -0.15) is 9.78 Å². The third-order valence-electron chi connectivity index (χ3n) is 4.64. The summed E-state index contributed by atoms with van der Waals surface area (Å²) in [5.41, 5.74) is 3.26. The van der Waals surface area contributed by atoms with Crippen LogP contribution in [0.4, 0.5) is 5.82 Å². The maximum absolute atomic E-state index is 13.1. The molecule has 1 heterocycles. The lowest BCUT2D eigenvalue weighted by atomic mass is 10.1. The zero-order valence-corrected chi connectivity index (χ0v) is 16.1. The van der Waals surface area contributed by atoms with Crippen molar-refractivity contribution in [1.82, 2.24) is 9.78 Å². The number of hydrogen-bond acceptors (Lipinski definition) is 4. The van der Waals surface area contributed by atoms with E-state index >= 15 is 0 Å². The van der Waals surface area contributed by atoms with E-state index in [4.69, 9.17) is 4.74 Å².